The van der Waals surface area contributed by atoms with Crippen molar-refractivity contribution in [1.29, 1.82) is 0 Å². The Balaban J connectivity index is 1.40. The van der Waals surface area contributed by atoms with Gasteiger partial charge < -0.3 is 14.5 Å². The number of pyridine rings is 1. The Bertz CT molecular complexity index is 1060. The largest absolute Gasteiger partial charge is 0.444 e. The van der Waals surface area contributed by atoms with Gasteiger partial charge in [0.1, 0.15) is 17.2 Å². The van der Waals surface area contributed by atoms with Gasteiger partial charge in [0.2, 0.25) is 0 Å². The lowest BCUT2D eigenvalue weighted by Crippen LogP contribution is -2.50. The van der Waals surface area contributed by atoms with E-state index in [0.29, 0.717) is 38.2 Å². The second-order valence-electron chi connectivity index (χ2n) is 9.10. The van der Waals surface area contributed by atoms with Gasteiger partial charge in [0.25, 0.3) is 10.1 Å². The molecular weight excluding hydrogens is 454 g/mol. The van der Waals surface area contributed by atoms with E-state index < -0.39 is 15.7 Å². The van der Waals surface area contributed by atoms with E-state index in [4.69, 9.17) is 8.92 Å². The van der Waals surface area contributed by atoms with Gasteiger partial charge in [-0.1, -0.05) is 42.5 Å². The van der Waals surface area contributed by atoms with Gasteiger partial charge in [0.05, 0.1) is 6.61 Å². The van der Waals surface area contributed by atoms with Gasteiger partial charge in [-0.15, -0.1) is 0 Å². The Hall–Kier alpha value is -2.91. The van der Waals surface area contributed by atoms with Crippen LogP contribution in [0.4, 0.5) is 10.6 Å². The third-order valence-electron chi connectivity index (χ3n) is 5.07. The number of rotatable bonds is 8. The summed E-state index contributed by atoms with van der Waals surface area (Å²) in [7, 11) is -3.60. The summed E-state index contributed by atoms with van der Waals surface area (Å²) in [6.07, 6.45) is 5.73. The maximum atomic E-state index is 12.2. The number of nitrogens with zero attached hydrogens (tertiary/aromatic N) is 3. The van der Waals surface area contributed by atoms with Crippen LogP contribution < -0.4 is 4.90 Å². The lowest BCUT2D eigenvalue weighted by Gasteiger charge is -2.36. The van der Waals surface area contributed by atoms with Crippen molar-refractivity contribution in [2.24, 2.45) is 0 Å². The molecule has 3 rings (SSSR count). The molecule has 2 aromatic rings. The minimum atomic E-state index is -3.60. The van der Waals surface area contributed by atoms with Crippen molar-refractivity contribution < 1.29 is 22.1 Å². The topological polar surface area (TPSA) is 89.0 Å². The molecule has 1 amide bonds. The standard InChI is InChI=1S/C25H33N3O5S/c1-25(2,3)33-24(29)28-16-14-27(15-17-28)23-13-12-21(19-26-23)9-7-8-18-32-34(30,31)20-22-10-5-4-6-11-22/h4-7,9-13,19H,8,14-18,20H2,1-3H3/b9-7+. The van der Waals surface area contributed by atoms with E-state index in [2.05, 4.69) is 9.88 Å². The number of hydrogen-bond donors (Lipinski definition) is 0. The van der Waals surface area contributed by atoms with Crippen LogP contribution in [0.5, 0.6) is 0 Å². The van der Waals surface area contributed by atoms with Crippen LogP contribution in [0, 0.1) is 0 Å². The third kappa shape index (κ3) is 8.46. The number of benzene rings is 1. The summed E-state index contributed by atoms with van der Waals surface area (Å²) < 4.78 is 34.6. The summed E-state index contributed by atoms with van der Waals surface area (Å²) in [4.78, 5) is 20.6. The van der Waals surface area contributed by atoms with E-state index in [0.717, 1.165) is 11.4 Å². The molecule has 0 radical (unpaired) electrons. The summed E-state index contributed by atoms with van der Waals surface area (Å²) in [5.74, 6) is 0.728. The quantitative estimate of drug-likeness (QED) is 0.409. The minimum absolute atomic E-state index is 0.0963. The van der Waals surface area contributed by atoms with E-state index in [9.17, 15) is 13.2 Å². The van der Waals surface area contributed by atoms with Gasteiger partial charge >= 0.3 is 6.09 Å². The molecule has 0 bridgehead atoms. The molecule has 1 aliphatic heterocycles. The van der Waals surface area contributed by atoms with Crippen molar-refractivity contribution >= 4 is 28.1 Å². The number of aromatic nitrogens is 1. The van der Waals surface area contributed by atoms with Crippen molar-refractivity contribution in [3.63, 3.8) is 0 Å². The van der Waals surface area contributed by atoms with E-state index in [-0.39, 0.29) is 18.5 Å². The van der Waals surface area contributed by atoms with Crippen molar-refractivity contribution in [3.05, 3.63) is 65.9 Å². The van der Waals surface area contributed by atoms with Crippen molar-refractivity contribution in [2.75, 3.05) is 37.7 Å². The summed E-state index contributed by atoms with van der Waals surface area (Å²) in [5.41, 5.74) is 1.13. The molecule has 0 unspecified atom stereocenters. The maximum absolute atomic E-state index is 12.2. The number of anilines is 1. The Kier molecular flexibility index (Phi) is 8.68. The zero-order valence-corrected chi connectivity index (χ0v) is 20.8. The molecule has 1 fully saturated rings. The molecule has 0 aliphatic carbocycles. The van der Waals surface area contributed by atoms with Crippen LogP contribution in [0.15, 0.2) is 54.7 Å². The lowest BCUT2D eigenvalue weighted by molar-refractivity contribution is 0.0240. The van der Waals surface area contributed by atoms with Crippen LogP contribution in [-0.4, -0.2) is 62.8 Å². The molecule has 0 N–H and O–H groups in total. The normalized spacial score (nSPS) is 15.0. The number of carbonyl (C=O) groups is 1. The molecule has 184 valence electrons. The second-order valence-corrected chi connectivity index (χ2v) is 10.7. The highest BCUT2D eigenvalue weighted by atomic mass is 32.2. The minimum Gasteiger partial charge on any atom is -0.444 e. The van der Waals surface area contributed by atoms with E-state index >= 15 is 0 Å². The number of hydrogen-bond acceptors (Lipinski definition) is 7. The molecule has 34 heavy (non-hydrogen) atoms. The first-order valence-corrected chi connectivity index (χ1v) is 13.0. The lowest BCUT2D eigenvalue weighted by atomic mass is 10.2. The number of carbonyl (C=O) groups excluding carboxylic acids is 1. The number of piperazine rings is 1. The molecule has 0 saturated carbocycles. The van der Waals surface area contributed by atoms with Crippen LogP contribution in [0.1, 0.15) is 38.3 Å². The smallest absolute Gasteiger partial charge is 0.410 e. The molecule has 1 saturated heterocycles. The van der Waals surface area contributed by atoms with Gasteiger partial charge in [-0.05, 0) is 50.5 Å². The monoisotopic (exact) mass is 487 g/mol. The average Bonchev–Trinajstić information content (AvgIpc) is 2.78. The predicted octanol–water partition coefficient (Wildman–Crippen LogP) is 4.09. The van der Waals surface area contributed by atoms with Crippen LogP contribution in [-0.2, 0) is 24.8 Å². The van der Waals surface area contributed by atoms with Crippen LogP contribution in [0.25, 0.3) is 6.08 Å². The number of ether oxygens (including phenoxy) is 1. The third-order valence-corrected chi connectivity index (χ3v) is 6.28. The fraction of sp³-hybridized carbons (Fsp3) is 0.440. The van der Waals surface area contributed by atoms with E-state index in [1.54, 1.807) is 35.4 Å². The summed E-state index contributed by atoms with van der Waals surface area (Å²) in [6, 6.07) is 12.9. The number of amides is 1. The van der Waals surface area contributed by atoms with E-state index in [1.807, 2.05) is 51.1 Å². The molecular formula is C25H33N3O5S. The van der Waals surface area contributed by atoms with Crippen molar-refractivity contribution in [2.45, 2.75) is 38.5 Å². The zero-order valence-electron chi connectivity index (χ0n) is 20.0. The molecule has 1 aliphatic rings. The Morgan fingerprint density at radius 2 is 1.76 bits per heavy atom. The highest BCUT2D eigenvalue weighted by Crippen LogP contribution is 2.17. The molecule has 9 heteroatoms. The summed E-state index contributed by atoms with van der Waals surface area (Å²) in [5, 5.41) is 0. The van der Waals surface area contributed by atoms with E-state index in [1.165, 1.54) is 0 Å². The molecule has 8 nitrogen and oxygen atoms in total. The van der Waals surface area contributed by atoms with Gasteiger partial charge in [-0.2, -0.15) is 8.42 Å². The zero-order chi connectivity index (χ0) is 24.6. The fourth-order valence-electron chi connectivity index (χ4n) is 3.41. The second kappa shape index (κ2) is 11.5. The first kappa shape index (κ1) is 25.7. The van der Waals surface area contributed by atoms with Gasteiger partial charge in [0.15, 0.2) is 0 Å². The van der Waals surface area contributed by atoms with Gasteiger partial charge in [-0.3, -0.25) is 4.18 Å². The summed E-state index contributed by atoms with van der Waals surface area (Å²) in [6.45, 7) is 8.24. The predicted molar refractivity (Wildman–Crippen MR) is 133 cm³/mol. The van der Waals surface area contributed by atoms with Crippen LogP contribution in [0.3, 0.4) is 0 Å². The SMILES string of the molecule is CC(C)(C)OC(=O)N1CCN(c2ccc(/C=C/CCOS(=O)(=O)Cc3ccccc3)cn2)CC1. The Morgan fingerprint density at radius 3 is 2.38 bits per heavy atom. The average molecular weight is 488 g/mol. The Labute approximate surface area is 202 Å². The molecule has 0 spiro atoms. The van der Waals surface area contributed by atoms with Crippen molar-refractivity contribution in [3.8, 4) is 0 Å². The molecule has 2 heterocycles. The molecule has 0 atom stereocenters. The fourth-order valence-corrected chi connectivity index (χ4v) is 4.44. The van der Waals surface area contributed by atoms with Crippen LogP contribution in [0.2, 0.25) is 0 Å². The molecule has 1 aromatic carbocycles. The van der Waals surface area contributed by atoms with Crippen LogP contribution >= 0.6 is 0 Å². The van der Waals surface area contributed by atoms with Gasteiger partial charge in [-0.25, -0.2) is 9.78 Å². The molecule has 1 aromatic heterocycles. The first-order valence-electron chi connectivity index (χ1n) is 11.4. The highest BCUT2D eigenvalue weighted by Gasteiger charge is 2.26. The van der Waals surface area contributed by atoms with Gasteiger partial charge in [0, 0.05) is 32.4 Å². The first-order chi connectivity index (χ1) is 16.1. The highest BCUT2D eigenvalue weighted by molar-refractivity contribution is 7.85. The maximum Gasteiger partial charge on any atom is 0.410 e. The Morgan fingerprint density at radius 1 is 1.06 bits per heavy atom. The summed E-state index contributed by atoms with van der Waals surface area (Å²) >= 11 is 0. The van der Waals surface area contributed by atoms with Crippen molar-refractivity contribution in [1.82, 2.24) is 9.88 Å².